The minimum atomic E-state index is -1.16. The number of aryl methyl sites for hydroxylation is 1. The first-order valence-electron chi connectivity index (χ1n) is 10.0. The van der Waals surface area contributed by atoms with E-state index >= 15 is 0 Å². The van der Waals surface area contributed by atoms with Crippen molar-refractivity contribution in [1.29, 1.82) is 0 Å². The molecule has 1 N–H and O–H groups in total. The Bertz CT molecular complexity index is 946. The number of hydrogen-bond donors (Lipinski definition) is 1. The van der Waals surface area contributed by atoms with Gasteiger partial charge in [-0.05, 0) is 44.7 Å². The quantitative estimate of drug-likeness (QED) is 0.573. The molecule has 1 aliphatic rings. The van der Waals surface area contributed by atoms with Crippen molar-refractivity contribution >= 4 is 17.7 Å². The van der Waals surface area contributed by atoms with Crippen molar-refractivity contribution in [1.82, 2.24) is 14.8 Å². The van der Waals surface area contributed by atoms with Gasteiger partial charge < -0.3 is 9.88 Å². The van der Waals surface area contributed by atoms with Crippen LogP contribution in [0.5, 0.6) is 0 Å². The van der Waals surface area contributed by atoms with Gasteiger partial charge in [-0.3, -0.25) is 14.5 Å². The van der Waals surface area contributed by atoms with E-state index < -0.39 is 17.5 Å². The van der Waals surface area contributed by atoms with E-state index in [1.165, 1.54) is 0 Å². The van der Waals surface area contributed by atoms with Crippen molar-refractivity contribution in [3.63, 3.8) is 0 Å². The standard InChI is InChI=1S/C23H29N3O3/c1-15(2)11-12-25-16(3)13-19(17(25)4)20(27)14-26-21(28)23(5,24-22(26)29)18-9-7-6-8-10-18/h6-10,13,15H,11-12,14H2,1-5H3,(H,24,29). The molecule has 1 aliphatic heterocycles. The molecule has 1 fully saturated rings. The molecule has 1 unspecified atom stereocenters. The van der Waals surface area contributed by atoms with Gasteiger partial charge in [0.05, 0.1) is 6.54 Å². The second-order valence-corrected chi connectivity index (χ2v) is 8.35. The molecule has 0 saturated carbocycles. The summed E-state index contributed by atoms with van der Waals surface area (Å²) in [5.41, 5.74) is 2.00. The van der Waals surface area contributed by atoms with Gasteiger partial charge >= 0.3 is 6.03 Å². The number of benzene rings is 1. The minimum absolute atomic E-state index is 0.227. The Morgan fingerprint density at radius 2 is 1.79 bits per heavy atom. The molecule has 1 aromatic heterocycles. The highest BCUT2D eigenvalue weighted by atomic mass is 16.2. The number of Topliss-reactive ketones (excluding diaryl/α,β-unsaturated/α-hetero) is 1. The normalized spacial score (nSPS) is 19.2. The number of hydrogen-bond acceptors (Lipinski definition) is 3. The highest BCUT2D eigenvalue weighted by molar-refractivity contribution is 6.11. The molecule has 1 aromatic carbocycles. The van der Waals surface area contributed by atoms with Gasteiger partial charge in [-0.2, -0.15) is 0 Å². The van der Waals surface area contributed by atoms with Crippen LogP contribution in [0.25, 0.3) is 0 Å². The number of urea groups is 1. The van der Waals surface area contributed by atoms with Crippen LogP contribution in [-0.4, -0.2) is 33.7 Å². The highest BCUT2D eigenvalue weighted by Crippen LogP contribution is 2.29. The van der Waals surface area contributed by atoms with E-state index in [4.69, 9.17) is 0 Å². The molecule has 154 valence electrons. The predicted octanol–water partition coefficient (Wildman–Crippen LogP) is 3.80. The largest absolute Gasteiger partial charge is 0.348 e. The Kier molecular flexibility index (Phi) is 5.64. The van der Waals surface area contributed by atoms with Crippen molar-refractivity contribution in [3.8, 4) is 0 Å². The first-order chi connectivity index (χ1) is 13.6. The van der Waals surface area contributed by atoms with Crippen LogP contribution in [0, 0.1) is 19.8 Å². The van der Waals surface area contributed by atoms with Crippen LogP contribution in [0.3, 0.4) is 0 Å². The lowest BCUT2D eigenvalue weighted by Crippen LogP contribution is -2.41. The van der Waals surface area contributed by atoms with Crippen LogP contribution in [-0.2, 0) is 16.9 Å². The Hall–Kier alpha value is -2.89. The molecule has 29 heavy (non-hydrogen) atoms. The van der Waals surface area contributed by atoms with Crippen LogP contribution in [0.2, 0.25) is 0 Å². The second-order valence-electron chi connectivity index (χ2n) is 8.35. The molecule has 0 radical (unpaired) electrons. The number of nitrogens with one attached hydrogen (secondary N) is 1. The summed E-state index contributed by atoms with van der Waals surface area (Å²) in [7, 11) is 0. The summed E-state index contributed by atoms with van der Waals surface area (Å²) in [4.78, 5) is 39.5. The molecule has 3 amide bonds. The van der Waals surface area contributed by atoms with E-state index in [-0.39, 0.29) is 12.3 Å². The van der Waals surface area contributed by atoms with E-state index in [1.807, 2.05) is 38.1 Å². The summed E-state index contributed by atoms with van der Waals surface area (Å²) < 4.78 is 2.13. The lowest BCUT2D eigenvalue weighted by atomic mass is 9.92. The number of rotatable bonds is 7. The fourth-order valence-electron chi connectivity index (χ4n) is 3.85. The van der Waals surface area contributed by atoms with Gasteiger partial charge in [0.2, 0.25) is 0 Å². The summed E-state index contributed by atoms with van der Waals surface area (Å²) in [5, 5.41) is 2.75. The maximum Gasteiger partial charge on any atom is 0.325 e. The number of carbonyl (C=O) groups excluding carboxylic acids is 3. The van der Waals surface area contributed by atoms with Crippen LogP contribution in [0.15, 0.2) is 36.4 Å². The average Bonchev–Trinajstić information content (AvgIpc) is 3.08. The zero-order valence-electron chi connectivity index (χ0n) is 17.8. The third kappa shape index (κ3) is 3.84. The number of imide groups is 1. The summed E-state index contributed by atoms with van der Waals surface area (Å²) in [5.74, 6) is -0.0673. The molecule has 6 heteroatoms. The topological polar surface area (TPSA) is 71.4 Å². The Morgan fingerprint density at radius 1 is 1.14 bits per heavy atom. The molecular weight excluding hydrogens is 366 g/mol. The van der Waals surface area contributed by atoms with Crippen LogP contribution >= 0.6 is 0 Å². The smallest absolute Gasteiger partial charge is 0.325 e. The van der Waals surface area contributed by atoms with Crippen LogP contribution < -0.4 is 5.32 Å². The third-order valence-corrected chi connectivity index (χ3v) is 5.73. The maximum absolute atomic E-state index is 13.0. The van der Waals surface area contributed by atoms with E-state index in [9.17, 15) is 14.4 Å². The lowest BCUT2D eigenvalue weighted by Gasteiger charge is -2.22. The Labute approximate surface area is 171 Å². The van der Waals surface area contributed by atoms with Crippen LogP contribution in [0.4, 0.5) is 4.79 Å². The van der Waals surface area contributed by atoms with Crippen molar-refractivity contribution in [2.75, 3.05) is 6.54 Å². The highest BCUT2D eigenvalue weighted by Gasteiger charge is 2.49. The van der Waals surface area contributed by atoms with Crippen molar-refractivity contribution in [2.45, 2.75) is 53.1 Å². The number of amides is 3. The van der Waals surface area contributed by atoms with Gasteiger partial charge in [0.25, 0.3) is 5.91 Å². The molecule has 0 bridgehead atoms. The molecular formula is C23H29N3O3. The molecule has 2 aromatic rings. The summed E-state index contributed by atoms with van der Waals surface area (Å²) in [6.45, 7) is 10.5. The lowest BCUT2D eigenvalue weighted by molar-refractivity contribution is -0.130. The minimum Gasteiger partial charge on any atom is -0.348 e. The van der Waals surface area contributed by atoms with Crippen molar-refractivity contribution in [2.24, 2.45) is 5.92 Å². The maximum atomic E-state index is 13.0. The molecule has 6 nitrogen and oxygen atoms in total. The molecule has 0 spiro atoms. The first kappa shape index (κ1) is 20.8. The number of ketones is 1. The summed E-state index contributed by atoms with van der Waals surface area (Å²) in [6.07, 6.45) is 1.02. The molecule has 2 heterocycles. The van der Waals surface area contributed by atoms with Gasteiger partial charge in [0.1, 0.15) is 5.54 Å². The Morgan fingerprint density at radius 3 is 2.41 bits per heavy atom. The molecule has 1 atom stereocenters. The average molecular weight is 396 g/mol. The number of aromatic nitrogens is 1. The van der Waals surface area contributed by atoms with Gasteiger partial charge in [0.15, 0.2) is 5.78 Å². The Balaban J connectivity index is 1.80. The number of nitrogens with zero attached hydrogens (tertiary/aromatic N) is 2. The first-order valence-corrected chi connectivity index (χ1v) is 10.0. The summed E-state index contributed by atoms with van der Waals surface area (Å²) >= 11 is 0. The van der Waals surface area contributed by atoms with Gasteiger partial charge in [0, 0.05) is 23.5 Å². The van der Waals surface area contributed by atoms with E-state index in [0.29, 0.717) is 17.0 Å². The number of carbonyl (C=O) groups is 3. The van der Waals surface area contributed by atoms with E-state index in [0.717, 1.165) is 29.3 Å². The van der Waals surface area contributed by atoms with Gasteiger partial charge in [-0.15, -0.1) is 0 Å². The van der Waals surface area contributed by atoms with E-state index in [1.54, 1.807) is 19.1 Å². The fourth-order valence-corrected chi connectivity index (χ4v) is 3.85. The van der Waals surface area contributed by atoms with Gasteiger partial charge in [-0.25, -0.2) is 4.79 Å². The third-order valence-electron chi connectivity index (χ3n) is 5.73. The monoisotopic (exact) mass is 395 g/mol. The summed E-state index contributed by atoms with van der Waals surface area (Å²) in [6, 6.07) is 10.4. The zero-order chi connectivity index (χ0) is 21.3. The fraction of sp³-hybridized carbons (Fsp3) is 0.435. The predicted molar refractivity (Wildman–Crippen MR) is 112 cm³/mol. The molecule has 0 aliphatic carbocycles. The zero-order valence-corrected chi connectivity index (χ0v) is 17.8. The second kappa shape index (κ2) is 7.85. The molecule has 3 rings (SSSR count). The SMILES string of the molecule is Cc1cc(C(=O)CN2C(=O)NC(C)(c3ccccc3)C2=O)c(C)n1CCC(C)C. The van der Waals surface area contributed by atoms with Gasteiger partial charge in [-0.1, -0.05) is 44.2 Å². The van der Waals surface area contributed by atoms with Crippen molar-refractivity contribution < 1.29 is 14.4 Å². The van der Waals surface area contributed by atoms with E-state index in [2.05, 4.69) is 23.7 Å². The molecule has 1 saturated heterocycles. The van der Waals surface area contributed by atoms with Crippen molar-refractivity contribution in [3.05, 3.63) is 58.9 Å². The van der Waals surface area contributed by atoms with Crippen LogP contribution in [0.1, 0.15) is 54.5 Å².